The standard InChI is InChI=1S/C46H27N3O2/c1-2-11-28(12-3-1)37-27-38(48-46(47-37)36-17-10-16-33-31-13-5-8-19-41(31)50-44(33)36)29-21-23-30(24-22-29)49-39-18-7-4-15-35(39)43-40(49)26-25-34-32-14-6-9-20-42(32)51-45(34)43/h1-27H. The van der Waals surface area contributed by atoms with Crippen LogP contribution < -0.4 is 0 Å². The molecule has 0 radical (unpaired) electrons. The number of furan rings is 2. The van der Waals surface area contributed by atoms with Gasteiger partial charge in [-0.25, -0.2) is 9.97 Å². The molecule has 4 heterocycles. The number of para-hydroxylation sites is 4. The summed E-state index contributed by atoms with van der Waals surface area (Å²) in [7, 11) is 0. The third kappa shape index (κ3) is 4.22. The van der Waals surface area contributed by atoms with Crippen molar-refractivity contribution in [3.63, 3.8) is 0 Å². The Morgan fingerprint density at radius 2 is 1.00 bits per heavy atom. The van der Waals surface area contributed by atoms with Crippen LogP contribution in [-0.2, 0) is 0 Å². The van der Waals surface area contributed by atoms with Gasteiger partial charge in [0.2, 0.25) is 0 Å². The molecular formula is C46H27N3O2. The molecule has 5 heteroatoms. The third-order valence-electron chi connectivity index (χ3n) is 10.0. The van der Waals surface area contributed by atoms with Crippen molar-refractivity contribution in [3.8, 4) is 39.6 Å². The lowest BCUT2D eigenvalue weighted by atomic mass is 10.0. The molecule has 0 unspecified atom stereocenters. The average Bonchev–Trinajstić information content (AvgIpc) is 3.88. The number of aromatic nitrogens is 3. The molecule has 0 aliphatic carbocycles. The number of rotatable bonds is 4. The molecule has 5 nitrogen and oxygen atoms in total. The predicted molar refractivity (Wildman–Crippen MR) is 207 cm³/mol. The number of hydrogen-bond donors (Lipinski definition) is 0. The smallest absolute Gasteiger partial charge is 0.164 e. The molecule has 4 aromatic heterocycles. The van der Waals surface area contributed by atoms with Crippen molar-refractivity contribution >= 4 is 65.7 Å². The van der Waals surface area contributed by atoms with E-state index in [1.54, 1.807) is 0 Å². The molecule has 238 valence electrons. The van der Waals surface area contributed by atoms with Crippen LogP contribution in [0.2, 0.25) is 0 Å². The van der Waals surface area contributed by atoms with E-state index in [0.29, 0.717) is 5.82 Å². The fourth-order valence-electron chi connectivity index (χ4n) is 7.69. The molecule has 0 atom stereocenters. The molecule has 0 N–H and O–H groups in total. The molecule has 0 aliphatic heterocycles. The quantitative estimate of drug-likeness (QED) is 0.190. The van der Waals surface area contributed by atoms with E-state index in [2.05, 4.69) is 114 Å². The van der Waals surface area contributed by atoms with Gasteiger partial charge in [-0.3, -0.25) is 0 Å². The van der Waals surface area contributed by atoms with Crippen molar-refractivity contribution < 1.29 is 8.83 Å². The first kappa shape index (κ1) is 27.9. The SMILES string of the molecule is c1ccc(-c2cc(-c3ccc(-n4c5ccccc5c5c6oc7ccccc7c6ccc54)cc3)nc(-c3cccc4c3oc3ccccc34)n2)cc1. The maximum absolute atomic E-state index is 6.50. The van der Waals surface area contributed by atoms with Crippen LogP contribution in [0, 0.1) is 0 Å². The first-order chi connectivity index (χ1) is 25.3. The Kier molecular flexibility index (Phi) is 5.89. The van der Waals surface area contributed by atoms with Crippen LogP contribution in [0.25, 0.3) is 105 Å². The predicted octanol–water partition coefficient (Wildman–Crippen LogP) is 12.4. The summed E-state index contributed by atoms with van der Waals surface area (Å²) in [5.41, 5.74) is 11.3. The normalized spacial score (nSPS) is 11.9. The highest BCUT2D eigenvalue weighted by Gasteiger charge is 2.20. The fraction of sp³-hybridized carbons (Fsp3) is 0. The summed E-state index contributed by atoms with van der Waals surface area (Å²) in [6.07, 6.45) is 0. The van der Waals surface area contributed by atoms with Gasteiger partial charge in [-0.1, -0.05) is 109 Å². The average molecular weight is 654 g/mol. The van der Waals surface area contributed by atoms with Gasteiger partial charge in [0.15, 0.2) is 5.82 Å². The van der Waals surface area contributed by atoms with Gasteiger partial charge in [-0.15, -0.1) is 0 Å². The Morgan fingerprint density at radius 3 is 1.75 bits per heavy atom. The van der Waals surface area contributed by atoms with E-state index in [1.165, 1.54) is 0 Å². The van der Waals surface area contributed by atoms with Gasteiger partial charge in [-0.2, -0.15) is 0 Å². The first-order valence-electron chi connectivity index (χ1n) is 17.1. The van der Waals surface area contributed by atoms with Gasteiger partial charge in [0.1, 0.15) is 22.3 Å². The zero-order chi connectivity index (χ0) is 33.5. The second kappa shape index (κ2) is 10.8. The van der Waals surface area contributed by atoms with Crippen LogP contribution in [0.1, 0.15) is 0 Å². The number of nitrogens with zero attached hydrogens (tertiary/aromatic N) is 3. The first-order valence-corrected chi connectivity index (χ1v) is 17.1. The van der Waals surface area contributed by atoms with Gasteiger partial charge in [0, 0.05) is 43.7 Å². The van der Waals surface area contributed by atoms with Crippen molar-refractivity contribution in [2.45, 2.75) is 0 Å². The summed E-state index contributed by atoms with van der Waals surface area (Å²) < 4.78 is 15.2. The Labute approximate surface area is 291 Å². The van der Waals surface area contributed by atoms with Crippen LogP contribution in [0.15, 0.2) is 173 Å². The van der Waals surface area contributed by atoms with Crippen LogP contribution in [0.3, 0.4) is 0 Å². The van der Waals surface area contributed by atoms with E-state index in [4.69, 9.17) is 18.8 Å². The molecule has 11 aromatic rings. The lowest BCUT2D eigenvalue weighted by molar-refractivity contribution is 0.669. The Morgan fingerprint density at radius 1 is 0.412 bits per heavy atom. The minimum absolute atomic E-state index is 0.623. The highest BCUT2D eigenvalue weighted by atomic mass is 16.3. The number of hydrogen-bond acceptors (Lipinski definition) is 4. The molecule has 0 bridgehead atoms. The molecule has 0 saturated carbocycles. The van der Waals surface area contributed by atoms with Gasteiger partial charge in [-0.05, 0) is 54.6 Å². The van der Waals surface area contributed by atoms with E-state index in [0.717, 1.165) is 99.4 Å². The zero-order valence-corrected chi connectivity index (χ0v) is 27.2. The summed E-state index contributed by atoms with van der Waals surface area (Å²) in [5, 5.41) is 6.67. The van der Waals surface area contributed by atoms with Gasteiger partial charge < -0.3 is 13.4 Å². The largest absolute Gasteiger partial charge is 0.455 e. The lowest BCUT2D eigenvalue weighted by Crippen LogP contribution is -1.97. The molecule has 0 spiro atoms. The second-order valence-corrected chi connectivity index (χ2v) is 12.9. The maximum atomic E-state index is 6.50. The summed E-state index contributed by atoms with van der Waals surface area (Å²) in [6.45, 7) is 0. The Bertz CT molecular complexity index is 3130. The van der Waals surface area contributed by atoms with Gasteiger partial charge in [0.05, 0.1) is 33.4 Å². The molecule has 0 saturated heterocycles. The van der Waals surface area contributed by atoms with Crippen molar-refractivity contribution in [2.24, 2.45) is 0 Å². The summed E-state index contributed by atoms with van der Waals surface area (Å²) in [5.74, 6) is 0.623. The zero-order valence-electron chi connectivity index (χ0n) is 27.2. The van der Waals surface area contributed by atoms with Crippen LogP contribution >= 0.6 is 0 Å². The van der Waals surface area contributed by atoms with Crippen molar-refractivity contribution in [1.29, 1.82) is 0 Å². The monoisotopic (exact) mass is 653 g/mol. The topological polar surface area (TPSA) is 57.0 Å². The van der Waals surface area contributed by atoms with Crippen LogP contribution in [0.4, 0.5) is 0 Å². The summed E-state index contributed by atoms with van der Waals surface area (Å²) >= 11 is 0. The minimum Gasteiger partial charge on any atom is -0.455 e. The van der Waals surface area contributed by atoms with E-state index in [-0.39, 0.29) is 0 Å². The lowest BCUT2D eigenvalue weighted by Gasteiger charge is -2.11. The highest BCUT2D eigenvalue weighted by molar-refractivity contribution is 6.23. The fourth-order valence-corrected chi connectivity index (χ4v) is 7.69. The minimum atomic E-state index is 0.623. The van der Waals surface area contributed by atoms with Crippen molar-refractivity contribution in [1.82, 2.24) is 14.5 Å². The maximum Gasteiger partial charge on any atom is 0.164 e. The van der Waals surface area contributed by atoms with Crippen molar-refractivity contribution in [2.75, 3.05) is 0 Å². The third-order valence-corrected chi connectivity index (χ3v) is 10.0. The van der Waals surface area contributed by atoms with Crippen LogP contribution in [0.5, 0.6) is 0 Å². The second-order valence-electron chi connectivity index (χ2n) is 12.9. The van der Waals surface area contributed by atoms with Gasteiger partial charge >= 0.3 is 0 Å². The molecule has 0 aliphatic rings. The van der Waals surface area contributed by atoms with E-state index < -0.39 is 0 Å². The van der Waals surface area contributed by atoms with Crippen molar-refractivity contribution in [3.05, 3.63) is 164 Å². The molecular weight excluding hydrogens is 627 g/mol. The van der Waals surface area contributed by atoms with Crippen LogP contribution in [-0.4, -0.2) is 14.5 Å². The Hall–Kier alpha value is -6.98. The molecule has 7 aromatic carbocycles. The summed E-state index contributed by atoms with van der Waals surface area (Å²) in [4.78, 5) is 10.3. The number of fused-ring (bicyclic) bond motifs is 10. The van der Waals surface area contributed by atoms with Gasteiger partial charge in [0.25, 0.3) is 0 Å². The number of benzene rings is 7. The summed E-state index contributed by atoms with van der Waals surface area (Å²) in [6, 6.07) is 56.5. The Balaban J connectivity index is 1.08. The molecule has 51 heavy (non-hydrogen) atoms. The highest BCUT2D eigenvalue weighted by Crippen LogP contribution is 2.41. The van der Waals surface area contributed by atoms with E-state index in [1.807, 2.05) is 54.6 Å². The van der Waals surface area contributed by atoms with E-state index in [9.17, 15) is 0 Å². The molecule has 0 amide bonds. The van der Waals surface area contributed by atoms with E-state index >= 15 is 0 Å². The molecule has 0 fully saturated rings. The molecule has 11 rings (SSSR count).